The number of para-hydroxylation sites is 2. The number of rotatable bonds is 0. The fraction of sp³-hybridized carbons (Fsp3) is 0.0222. The number of pyridine rings is 3. The summed E-state index contributed by atoms with van der Waals surface area (Å²) in [5.41, 5.74) is 9.09. The highest BCUT2D eigenvalue weighted by molar-refractivity contribution is 6.33. The van der Waals surface area contributed by atoms with Gasteiger partial charge in [-0.25, -0.2) is 0 Å². The summed E-state index contributed by atoms with van der Waals surface area (Å²) in [7, 11) is 0. The second-order valence-electron chi connectivity index (χ2n) is 14.1. The maximum atomic E-state index is 7.05. The van der Waals surface area contributed by atoms with E-state index in [0.29, 0.717) is 0 Å². The SMILES string of the molecule is c1cc[n+]2c(c1)-n1c3ccccc3c3ccc4c(c31)C21c2c3ccccc3n3c2c2c(ccc([n+]21)O4)c1c2ccccc2c2ccccc2c13. The highest BCUT2D eigenvalue weighted by atomic mass is 16.5. The fourth-order valence-electron chi connectivity index (χ4n) is 10.5. The molecule has 1 atom stereocenters. The highest BCUT2D eigenvalue weighted by Crippen LogP contribution is 2.56. The van der Waals surface area contributed by atoms with Gasteiger partial charge in [0.2, 0.25) is 5.52 Å². The van der Waals surface area contributed by atoms with Crippen LogP contribution in [-0.2, 0) is 5.66 Å². The maximum absolute atomic E-state index is 7.05. The molecule has 8 heterocycles. The molecular formula is C45H24N4O+2. The molecule has 5 aromatic heterocycles. The highest BCUT2D eigenvalue weighted by Gasteiger charge is 2.68. The van der Waals surface area contributed by atoms with Crippen LogP contribution in [-0.4, -0.2) is 8.97 Å². The lowest BCUT2D eigenvalue weighted by Gasteiger charge is -2.33. The van der Waals surface area contributed by atoms with E-state index in [0.717, 1.165) is 17.4 Å². The summed E-state index contributed by atoms with van der Waals surface area (Å²) in [5.74, 6) is 2.89. The van der Waals surface area contributed by atoms with Crippen LogP contribution >= 0.6 is 0 Å². The van der Waals surface area contributed by atoms with E-state index < -0.39 is 5.66 Å². The van der Waals surface area contributed by atoms with Gasteiger partial charge in [-0.3, -0.25) is 0 Å². The number of ether oxygens (including phenoxy) is 1. The van der Waals surface area contributed by atoms with Gasteiger partial charge in [-0.05, 0) is 58.6 Å². The first-order valence-electron chi connectivity index (χ1n) is 17.3. The minimum absolute atomic E-state index is 0.734. The molecule has 3 aliphatic heterocycles. The molecule has 11 aromatic rings. The molecule has 1 spiro atoms. The zero-order valence-corrected chi connectivity index (χ0v) is 26.6. The van der Waals surface area contributed by atoms with Crippen molar-refractivity contribution in [2.75, 3.05) is 0 Å². The van der Waals surface area contributed by atoms with Crippen molar-refractivity contribution in [1.29, 1.82) is 0 Å². The molecule has 6 aromatic carbocycles. The fourth-order valence-corrected chi connectivity index (χ4v) is 10.5. The van der Waals surface area contributed by atoms with Gasteiger partial charge in [0.15, 0.2) is 16.8 Å². The smallest absolute Gasteiger partial charge is 0.378 e. The monoisotopic (exact) mass is 636 g/mol. The van der Waals surface area contributed by atoms with Crippen LogP contribution in [0.1, 0.15) is 11.1 Å². The summed E-state index contributed by atoms with van der Waals surface area (Å²) in [6.45, 7) is 0. The number of nitrogens with zero attached hydrogens (tertiary/aromatic N) is 4. The van der Waals surface area contributed by atoms with Gasteiger partial charge in [0.05, 0.1) is 28.7 Å². The van der Waals surface area contributed by atoms with E-state index in [1.165, 1.54) is 92.7 Å². The zero-order valence-electron chi connectivity index (χ0n) is 26.6. The Labute approximate surface area is 283 Å². The molecule has 3 aliphatic rings. The number of hydrogen-bond donors (Lipinski definition) is 0. The molecule has 0 N–H and O–H groups in total. The van der Waals surface area contributed by atoms with Gasteiger partial charge in [-0.1, -0.05) is 84.9 Å². The normalized spacial score (nSPS) is 16.6. The average Bonchev–Trinajstić information content (AvgIpc) is 3.81. The van der Waals surface area contributed by atoms with Crippen molar-refractivity contribution in [2.45, 2.75) is 5.66 Å². The summed E-state index contributed by atoms with van der Waals surface area (Å²) < 4.78 is 17.2. The molecule has 0 saturated heterocycles. The van der Waals surface area contributed by atoms with Crippen molar-refractivity contribution in [3.8, 4) is 17.4 Å². The molecule has 0 saturated carbocycles. The molecule has 0 bridgehead atoms. The van der Waals surface area contributed by atoms with Gasteiger partial charge < -0.3 is 9.14 Å². The van der Waals surface area contributed by atoms with Crippen LogP contribution < -0.4 is 13.9 Å². The predicted octanol–water partition coefficient (Wildman–Crippen LogP) is 9.41. The number of hydrogen-bond acceptors (Lipinski definition) is 1. The van der Waals surface area contributed by atoms with Crippen molar-refractivity contribution in [3.63, 3.8) is 0 Å². The molecule has 14 rings (SSSR count). The third kappa shape index (κ3) is 2.31. The van der Waals surface area contributed by atoms with Crippen molar-refractivity contribution >= 4 is 81.6 Å². The van der Waals surface area contributed by atoms with Crippen LogP contribution in [0.3, 0.4) is 0 Å². The van der Waals surface area contributed by atoms with E-state index in [9.17, 15) is 0 Å². The summed E-state index contributed by atoms with van der Waals surface area (Å²) in [5, 5.41) is 11.3. The Balaban J connectivity index is 1.36. The van der Waals surface area contributed by atoms with E-state index in [1.54, 1.807) is 0 Å². The number of benzene rings is 6. The van der Waals surface area contributed by atoms with E-state index in [2.05, 4.69) is 164 Å². The average molecular weight is 637 g/mol. The first-order valence-corrected chi connectivity index (χ1v) is 17.3. The molecule has 50 heavy (non-hydrogen) atoms. The van der Waals surface area contributed by atoms with Gasteiger partial charge in [-0.15, -0.1) is 4.57 Å². The predicted molar refractivity (Wildman–Crippen MR) is 198 cm³/mol. The molecule has 0 aliphatic carbocycles. The third-order valence-corrected chi connectivity index (χ3v) is 12.0. The van der Waals surface area contributed by atoms with Crippen LogP contribution in [0.15, 0.2) is 146 Å². The topological polar surface area (TPSA) is 26.3 Å². The van der Waals surface area contributed by atoms with Crippen molar-refractivity contribution in [2.24, 2.45) is 0 Å². The largest absolute Gasteiger partial charge is 0.404 e. The van der Waals surface area contributed by atoms with Crippen LogP contribution in [0.5, 0.6) is 11.6 Å². The minimum atomic E-state index is -0.734. The molecule has 0 fully saturated rings. The second kappa shape index (κ2) is 7.77. The van der Waals surface area contributed by atoms with Crippen molar-refractivity contribution < 1.29 is 13.9 Å². The van der Waals surface area contributed by atoms with E-state index >= 15 is 0 Å². The maximum Gasteiger partial charge on any atom is 0.378 e. The van der Waals surface area contributed by atoms with Crippen molar-refractivity contribution in [1.82, 2.24) is 8.97 Å². The lowest BCUT2D eigenvalue weighted by molar-refractivity contribution is -0.958. The standard InChI is InChI=1S/C45H24N4O/c1-3-14-28-25(11-1)26-12-2-4-15-29(26)41-38(28)32-21-23-37-49-43(32)44-39(31-16-6-8-18-34(31)48(41)44)45(49)40-35(50-37)22-20-30-27-13-5-7-17-33(27)47(42(30)40)36-19-9-10-24-46(36)45/h1-24H/q+2. The van der Waals surface area contributed by atoms with Crippen LogP contribution in [0.4, 0.5) is 0 Å². The molecule has 0 radical (unpaired) electrons. The summed E-state index contributed by atoms with van der Waals surface area (Å²) in [6, 6.07) is 51.3. The Morgan fingerprint density at radius 2 is 1.14 bits per heavy atom. The summed E-state index contributed by atoms with van der Waals surface area (Å²) in [4.78, 5) is 0. The zero-order chi connectivity index (χ0) is 32.0. The molecule has 5 nitrogen and oxygen atoms in total. The van der Waals surface area contributed by atoms with E-state index in [-0.39, 0.29) is 0 Å². The molecule has 5 heteroatoms. The summed E-state index contributed by atoms with van der Waals surface area (Å²) >= 11 is 0. The number of fused-ring (bicyclic) bond motifs is 16. The Morgan fingerprint density at radius 1 is 0.480 bits per heavy atom. The summed E-state index contributed by atoms with van der Waals surface area (Å²) in [6.07, 6.45) is 2.28. The van der Waals surface area contributed by atoms with Gasteiger partial charge in [0.25, 0.3) is 5.82 Å². The Morgan fingerprint density at radius 3 is 2.00 bits per heavy atom. The second-order valence-corrected chi connectivity index (χ2v) is 14.1. The van der Waals surface area contributed by atoms with Crippen LogP contribution in [0, 0.1) is 0 Å². The van der Waals surface area contributed by atoms with E-state index in [4.69, 9.17) is 4.74 Å². The Hall–Kier alpha value is -6.72. The molecule has 0 amide bonds. The molecular weight excluding hydrogens is 613 g/mol. The quantitative estimate of drug-likeness (QED) is 0.120. The van der Waals surface area contributed by atoms with Gasteiger partial charge in [-0.2, -0.15) is 9.13 Å². The third-order valence-electron chi connectivity index (χ3n) is 12.0. The Bertz CT molecular complexity index is 3480. The lowest BCUT2D eigenvalue weighted by atomic mass is 9.86. The first-order chi connectivity index (χ1) is 24.9. The first kappa shape index (κ1) is 24.4. The minimum Gasteiger partial charge on any atom is -0.404 e. The van der Waals surface area contributed by atoms with Gasteiger partial charge in [0.1, 0.15) is 16.6 Å². The van der Waals surface area contributed by atoms with Crippen LogP contribution in [0.2, 0.25) is 0 Å². The van der Waals surface area contributed by atoms with Gasteiger partial charge >= 0.3 is 11.5 Å². The number of aromatic nitrogens is 4. The lowest BCUT2D eigenvalue weighted by Crippen LogP contribution is -2.76. The van der Waals surface area contributed by atoms with Crippen molar-refractivity contribution in [3.05, 3.63) is 157 Å². The van der Waals surface area contributed by atoms with Gasteiger partial charge in [0, 0.05) is 33.0 Å². The van der Waals surface area contributed by atoms with Crippen LogP contribution in [0.25, 0.3) is 87.4 Å². The Kier molecular flexibility index (Phi) is 3.80. The molecule has 1 unspecified atom stereocenters. The molecule has 228 valence electrons. The van der Waals surface area contributed by atoms with E-state index in [1.807, 2.05) is 0 Å².